The van der Waals surface area contributed by atoms with Crippen LogP contribution in [0.3, 0.4) is 0 Å². The lowest BCUT2D eigenvalue weighted by atomic mass is 10.1. The van der Waals surface area contributed by atoms with E-state index in [4.69, 9.17) is 4.74 Å². The summed E-state index contributed by atoms with van der Waals surface area (Å²) in [5, 5.41) is 15.8. The first-order valence-corrected chi connectivity index (χ1v) is 7.21. The van der Waals surface area contributed by atoms with Crippen molar-refractivity contribution in [3.63, 3.8) is 0 Å². The number of nitrogens with one attached hydrogen (secondary N) is 2. The van der Waals surface area contributed by atoms with Crippen LogP contribution in [0.25, 0.3) is 0 Å². The van der Waals surface area contributed by atoms with Gasteiger partial charge >= 0.3 is 0 Å². The van der Waals surface area contributed by atoms with Crippen LogP contribution in [0.1, 0.15) is 37.3 Å². The van der Waals surface area contributed by atoms with Gasteiger partial charge in [-0.2, -0.15) is 0 Å². The fraction of sp³-hybridized carbons (Fsp3) is 0.533. The van der Waals surface area contributed by atoms with Crippen molar-refractivity contribution in [1.29, 1.82) is 0 Å². The number of amides is 1. The number of ether oxygens (including phenoxy) is 1. The molecule has 1 heterocycles. The van der Waals surface area contributed by atoms with Gasteiger partial charge in [0.25, 0.3) is 0 Å². The van der Waals surface area contributed by atoms with Gasteiger partial charge in [-0.25, -0.2) is 0 Å². The molecule has 0 spiro atoms. The van der Waals surface area contributed by atoms with E-state index in [1.807, 2.05) is 6.07 Å². The molecule has 1 saturated carbocycles. The van der Waals surface area contributed by atoms with E-state index in [1.54, 1.807) is 12.1 Å². The Morgan fingerprint density at radius 1 is 1.40 bits per heavy atom. The molecule has 5 heteroatoms. The Kier molecular flexibility index (Phi) is 3.78. The summed E-state index contributed by atoms with van der Waals surface area (Å²) in [5.41, 5.74) is 1.07. The van der Waals surface area contributed by atoms with Gasteiger partial charge in [-0.3, -0.25) is 4.79 Å². The molecular formula is C15H20N2O3. The molecule has 1 atom stereocenters. The Morgan fingerprint density at radius 3 is 3.05 bits per heavy atom. The molecule has 1 fully saturated rings. The first-order chi connectivity index (χ1) is 9.72. The van der Waals surface area contributed by atoms with Gasteiger partial charge < -0.3 is 20.5 Å². The summed E-state index contributed by atoms with van der Waals surface area (Å²) in [7, 11) is 0. The van der Waals surface area contributed by atoms with E-state index in [0.717, 1.165) is 37.1 Å². The second-order valence-corrected chi connectivity index (χ2v) is 5.49. The van der Waals surface area contributed by atoms with Gasteiger partial charge in [0.2, 0.25) is 5.91 Å². The molecule has 5 nitrogen and oxygen atoms in total. The number of carbonyl (C=O) groups is 1. The molecule has 108 valence electrons. The number of fused-ring (bicyclic) bond motifs is 1. The normalized spacial score (nSPS) is 20.3. The van der Waals surface area contributed by atoms with Crippen molar-refractivity contribution in [3.05, 3.63) is 23.8 Å². The monoisotopic (exact) mass is 276 g/mol. The Bertz CT molecular complexity index is 500. The highest BCUT2D eigenvalue weighted by Gasteiger charge is 2.24. The van der Waals surface area contributed by atoms with Crippen molar-refractivity contribution in [3.8, 4) is 11.5 Å². The summed E-state index contributed by atoms with van der Waals surface area (Å²) in [6, 6.07) is 5.79. The second-order valence-electron chi connectivity index (χ2n) is 5.49. The predicted octanol–water partition coefficient (Wildman–Crippen LogP) is 1.47. The van der Waals surface area contributed by atoms with Gasteiger partial charge in [-0.1, -0.05) is 0 Å². The van der Waals surface area contributed by atoms with E-state index in [2.05, 4.69) is 10.6 Å². The molecule has 0 aromatic heterocycles. The standard InChI is InChI=1S/C15H20N2O3/c18-11-5-6-12-13(9-20-14(12)8-11)16-7-1-2-15(19)17-10-3-4-10/h5-6,8,10,13,16,18H,1-4,7,9H2,(H,17,19). The van der Waals surface area contributed by atoms with Crippen LogP contribution in [0, 0.1) is 0 Å². The van der Waals surface area contributed by atoms with Crippen LogP contribution in [0.4, 0.5) is 0 Å². The molecule has 3 N–H and O–H groups in total. The lowest BCUT2D eigenvalue weighted by molar-refractivity contribution is -0.121. The largest absolute Gasteiger partial charge is 0.508 e. The van der Waals surface area contributed by atoms with Crippen LogP contribution in [0.15, 0.2) is 18.2 Å². The first kappa shape index (κ1) is 13.2. The second kappa shape index (κ2) is 5.71. The molecule has 3 rings (SSSR count). The molecular weight excluding hydrogens is 256 g/mol. The maximum Gasteiger partial charge on any atom is 0.220 e. The molecule has 0 bridgehead atoms. The minimum Gasteiger partial charge on any atom is -0.508 e. The molecule has 1 aromatic rings. The molecule has 2 aliphatic rings. The SMILES string of the molecule is O=C(CCCNC1COc2cc(O)ccc21)NC1CC1. The van der Waals surface area contributed by atoms with E-state index in [9.17, 15) is 9.90 Å². The molecule has 1 unspecified atom stereocenters. The van der Waals surface area contributed by atoms with Gasteiger partial charge in [0.1, 0.15) is 18.1 Å². The maximum absolute atomic E-state index is 11.5. The minimum absolute atomic E-state index is 0.150. The summed E-state index contributed by atoms with van der Waals surface area (Å²) in [6.45, 7) is 1.36. The number of aromatic hydroxyl groups is 1. The average Bonchev–Trinajstić information content (AvgIpc) is 3.14. The molecule has 1 aromatic carbocycles. The van der Waals surface area contributed by atoms with Gasteiger partial charge in [-0.15, -0.1) is 0 Å². The topological polar surface area (TPSA) is 70.6 Å². The van der Waals surface area contributed by atoms with Crippen LogP contribution in [0.2, 0.25) is 0 Å². The number of phenols is 1. The quantitative estimate of drug-likeness (QED) is 0.688. The van der Waals surface area contributed by atoms with Gasteiger partial charge in [-0.05, 0) is 37.9 Å². The van der Waals surface area contributed by atoms with Crippen molar-refractivity contribution in [2.24, 2.45) is 0 Å². The van der Waals surface area contributed by atoms with E-state index in [-0.39, 0.29) is 17.7 Å². The van der Waals surface area contributed by atoms with Crippen molar-refractivity contribution in [2.75, 3.05) is 13.2 Å². The number of benzene rings is 1. The number of carbonyl (C=O) groups excluding carboxylic acids is 1. The Morgan fingerprint density at radius 2 is 2.25 bits per heavy atom. The first-order valence-electron chi connectivity index (χ1n) is 7.21. The van der Waals surface area contributed by atoms with E-state index in [1.165, 1.54) is 0 Å². The number of rotatable bonds is 6. The lowest BCUT2D eigenvalue weighted by Gasteiger charge is -2.11. The van der Waals surface area contributed by atoms with Gasteiger partial charge in [0.15, 0.2) is 0 Å². The summed E-state index contributed by atoms with van der Waals surface area (Å²) in [6.07, 6.45) is 3.65. The van der Waals surface area contributed by atoms with Crippen molar-refractivity contribution < 1.29 is 14.6 Å². The van der Waals surface area contributed by atoms with E-state index in [0.29, 0.717) is 19.1 Å². The smallest absolute Gasteiger partial charge is 0.220 e. The Labute approximate surface area is 118 Å². The third kappa shape index (κ3) is 3.22. The highest BCUT2D eigenvalue weighted by molar-refractivity contribution is 5.76. The molecule has 0 radical (unpaired) electrons. The van der Waals surface area contributed by atoms with Crippen molar-refractivity contribution in [1.82, 2.24) is 10.6 Å². The van der Waals surface area contributed by atoms with Crippen LogP contribution < -0.4 is 15.4 Å². The summed E-state index contributed by atoms with van der Waals surface area (Å²) in [5.74, 6) is 1.12. The summed E-state index contributed by atoms with van der Waals surface area (Å²) < 4.78 is 5.53. The predicted molar refractivity (Wildman–Crippen MR) is 74.7 cm³/mol. The average molecular weight is 276 g/mol. The van der Waals surface area contributed by atoms with Crippen molar-refractivity contribution >= 4 is 5.91 Å². The van der Waals surface area contributed by atoms with Crippen LogP contribution in [0.5, 0.6) is 11.5 Å². The maximum atomic E-state index is 11.5. The zero-order valence-electron chi connectivity index (χ0n) is 11.4. The highest BCUT2D eigenvalue weighted by atomic mass is 16.5. The molecule has 1 amide bonds. The van der Waals surface area contributed by atoms with Crippen LogP contribution >= 0.6 is 0 Å². The number of hydrogen-bond acceptors (Lipinski definition) is 4. The van der Waals surface area contributed by atoms with Crippen molar-refractivity contribution in [2.45, 2.75) is 37.8 Å². The molecule has 1 aliphatic heterocycles. The highest BCUT2D eigenvalue weighted by Crippen LogP contribution is 2.34. The Balaban J connectivity index is 1.40. The molecule has 20 heavy (non-hydrogen) atoms. The fourth-order valence-electron chi connectivity index (χ4n) is 2.42. The molecule has 0 saturated heterocycles. The zero-order valence-corrected chi connectivity index (χ0v) is 11.4. The fourth-order valence-corrected chi connectivity index (χ4v) is 2.42. The van der Waals surface area contributed by atoms with Gasteiger partial charge in [0, 0.05) is 24.1 Å². The number of phenolic OH excluding ortho intramolecular Hbond substituents is 1. The Hall–Kier alpha value is -1.75. The van der Waals surface area contributed by atoms with Crippen LogP contribution in [-0.4, -0.2) is 30.2 Å². The van der Waals surface area contributed by atoms with E-state index < -0.39 is 0 Å². The third-order valence-electron chi connectivity index (χ3n) is 3.69. The lowest BCUT2D eigenvalue weighted by Crippen LogP contribution is -2.28. The van der Waals surface area contributed by atoms with Crippen LogP contribution in [-0.2, 0) is 4.79 Å². The third-order valence-corrected chi connectivity index (χ3v) is 3.69. The zero-order chi connectivity index (χ0) is 13.9. The minimum atomic E-state index is 0.150. The van der Waals surface area contributed by atoms with Gasteiger partial charge in [0.05, 0.1) is 6.04 Å². The molecule has 1 aliphatic carbocycles. The van der Waals surface area contributed by atoms with E-state index >= 15 is 0 Å². The summed E-state index contributed by atoms with van der Waals surface area (Å²) in [4.78, 5) is 11.5. The number of hydrogen-bond donors (Lipinski definition) is 3. The summed E-state index contributed by atoms with van der Waals surface area (Å²) >= 11 is 0.